The SMILES string of the molecule is CCn1c(-n2nc(C)cc2C)nc2c1c(=O)n(Cc1cccc3ccccc13)c(=O)n2C. The summed E-state index contributed by atoms with van der Waals surface area (Å²) >= 11 is 0. The lowest BCUT2D eigenvalue weighted by Gasteiger charge is -2.11. The van der Waals surface area contributed by atoms with Gasteiger partial charge in [-0.1, -0.05) is 42.5 Å². The number of aryl methyl sites for hydroxylation is 4. The average Bonchev–Trinajstić information content (AvgIpc) is 3.34. The molecule has 0 radical (unpaired) electrons. The fourth-order valence-electron chi connectivity index (χ4n) is 4.39. The van der Waals surface area contributed by atoms with E-state index in [2.05, 4.69) is 10.1 Å². The molecule has 0 saturated heterocycles. The molecule has 3 heterocycles. The van der Waals surface area contributed by atoms with Crippen molar-refractivity contribution in [1.82, 2.24) is 28.5 Å². The molecule has 32 heavy (non-hydrogen) atoms. The first-order chi connectivity index (χ1) is 15.4. The zero-order valence-corrected chi connectivity index (χ0v) is 18.5. The molecule has 0 bridgehead atoms. The van der Waals surface area contributed by atoms with Crippen LogP contribution in [0.3, 0.4) is 0 Å². The molecule has 0 amide bonds. The maximum Gasteiger partial charge on any atom is 0.332 e. The van der Waals surface area contributed by atoms with Gasteiger partial charge in [-0.2, -0.15) is 10.1 Å². The summed E-state index contributed by atoms with van der Waals surface area (Å²) in [5.41, 5.74) is 2.71. The van der Waals surface area contributed by atoms with Gasteiger partial charge in [-0.15, -0.1) is 0 Å². The predicted octanol–water partition coefficient (Wildman–Crippen LogP) is 2.92. The molecule has 8 heteroatoms. The molecular formula is C24H24N6O2. The molecular weight excluding hydrogens is 404 g/mol. The number of aromatic nitrogens is 6. The van der Waals surface area contributed by atoms with Crippen molar-refractivity contribution in [2.75, 3.05) is 0 Å². The maximum atomic E-state index is 13.6. The number of hydrogen-bond acceptors (Lipinski definition) is 4. The molecule has 0 N–H and O–H groups in total. The average molecular weight is 428 g/mol. The predicted molar refractivity (Wildman–Crippen MR) is 125 cm³/mol. The lowest BCUT2D eigenvalue weighted by atomic mass is 10.0. The Morgan fingerprint density at radius 1 is 0.969 bits per heavy atom. The molecule has 0 saturated carbocycles. The van der Waals surface area contributed by atoms with Gasteiger partial charge in [-0.05, 0) is 43.2 Å². The van der Waals surface area contributed by atoms with Gasteiger partial charge >= 0.3 is 5.69 Å². The lowest BCUT2D eigenvalue weighted by Crippen LogP contribution is -2.40. The number of fused-ring (bicyclic) bond motifs is 2. The van der Waals surface area contributed by atoms with E-state index in [4.69, 9.17) is 0 Å². The van der Waals surface area contributed by atoms with Crippen molar-refractivity contribution in [3.63, 3.8) is 0 Å². The van der Waals surface area contributed by atoms with Crippen LogP contribution in [0.1, 0.15) is 23.9 Å². The van der Waals surface area contributed by atoms with Crippen LogP contribution < -0.4 is 11.2 Å². The molecule has 8 nitrogen and oxygen atoms in total. The standard InChI is InChI=1S/C24H24N6O2/c1-5-28-20-21(25-23(28)30-16(3)13-15(2)26-30)27(4)24(32)29(22(20)31)14-18-11-8-10-17-9-6-7-12-19(17)18/h6-13H,5,14H2,1-4H3. The van der Waals surface area contributed by atoms with Crippen molar-refractivity contribution in [3.05, 3.63) is 86.3 Å². The molecule has 162 valence electrons. The van der Waals surface area contributed by atoms with E-state index in [1.54, 1.807) is 11.7 Å². The van der Waals surface area contributed by atoms with Crippen molar-refractivity contribution in [1.29, 1.82) is 0 Å². The van der Waals surface area contributed by atoms with Gasteiger partial charge in [0, 0.05) is 19.3 Å². The normalized spacial score (nSPS) is 11.6. The van der Waals surface area contributed by atoms with Crippen molar-refractivity contribution >= 4 is 21.9 Å². The van der Waals surface area contributed by atoms with Crippen LogP contribution in [-0.4, -0.2) is 28.5 Å². The zero-order valence-electron chi connectivity index (χ0n) is 18.5. The van der Waals surface area contributed by atoms with Gasteiger partial charge in [0.05, 0.1) is 12.2 Å². The summed E-state index contributed by atoms with van der Waals surface area (Å²) in [7, 11) is 1.65. The molecule has 0 aliphatic carbocycles. The van der Waals surface area contributed by atoms with Gasteiger partial charge in [-0.25, -0.2) is 9.48 Å². The quantitative estimate of drug-likeness (QED) is 0.441. The highest BCUT2D eigenvalue weighted by molar-refractivity contribution is 5.85. The maximum absolute atomic E-state index is 13.6. The van der Waals surface area contributed by atoms with Crippen molar-refractivity contribution in [3.8, 4) is 5.95 Å². The summed E-state index contributed by atoms with van der Waals surface area (Å²) in [6.07, 6.45) is 0. The van der Waals surface area contributed by atoms with Crippen LogP contribution in [0.15, 0.2) is 58.1 Å². The third-order valence-electron chi connectivity index (χ3n) is 5.94. The second-order valence-electron chi connectivity index (χ2n) is 8.04. The van der Waals surface area contributed by atoms with Gasteiger partial charge in [0.1, 0.15) is 0 Å². The van der Waals surface area contributed by atoms with Crippen LogP contribution in [0.2, 0.25) is 0 Å². The van der Waals surface area contributed by atoms with Crippen molar-refractivity contribution in [2.24, 2.45) is 7.05 Å². The third-order valence-corrected chi connectivity index (χ3v) is 5.94. The first kappa shape index (κ1) is 20.0. The van der Waals surface area contributed by atoms with E-state index in [0.717, 1.165) is 27.7 Å². The Kier molecular flexibility index (Phi) is 4.58. The van der Waals surface area contributed by atoms with Crippen LogP contribution in [0.4, 0.5) is 0 Å². The second-order valence-corrected chi connectivity index (χ2v) is 8.04. The highest BCUT2D eigenvalue weighted by atomic mass is 16.2. The monoisotopic (exact) mass is 428 g/mol. The summed E-state index contributed by atoms with van der Waals surface area (Å²) in [5, 5.41) is 6.62. The minimum atomic E-state index is -0.392. The van der Waals surface area contributed by atoms with E-state index in [9.17, 15) is 9.59 Å². The van der Waals surface area contributed by atoms with Gasteiger partial charge in [0.15, 0.2) is 11.2 Å². The number of imidazole rings is 1. The van der Waals surface area contributed by atoms with E-state index >= 15 is 0 Å². The van der Waals surface area contributed by atoms with Crippen LogP contribution in [0.5, 0.6) is 0 Å². The number of benzene rings is 2. The fourth-order valence-corrected chi connectivity index (χ4v) is 4.39. The summed E-state index contributed by atoms with van der Waals surface area (Å²) in [6.45, 7) is 6.52. The Morgan fingerprint density at radius 2 is 1.72 bits per heavy atom. The van der Waals surface area contributed by atoms with Gasteiger partial charge in [0.2, 0.25) is 5.95 Å². The third kappa shape index (κ3) is 2.90. The Labute approximate surface area is 184 Å². The topological polar surface area (TPSA) is 79.6 Å². The fraction of sp³-hybridized carbons (Fsp3) is 0.250. The zero-order chi connectivity index (χ0) is 22.6. The summed E-state index contributed by atoms with van der Waals surface area (Å²) in [4.78, 5) is 31.5. The molecule has 0 spiro atoms. The molecule has 3 aromatic heterocycles. The Morgan fingerprint density at radius 3 is 2.44 bits per heavy atom. The Hall–Kier alpha value is -3.94. The summed E-state index contributed by atoms with van der Waals surface area (Å²) in [5.74, 6) is 0.531. The number of nitrogens with zero attached hydrogens (tertiary/aromatic N) is 6. The lowest BCUT2D eigenvalue weighted by molar-refractivity contribution is 0.651. The van der Waals surface area contributed by atoms with Crippen molar-refractivity contribution < 1.29 is 0 Å². The van der Waals surface area contributed by atoms with Crippen LogP contribution in [0.25, 0.3) is 27.9 Å². The van der Waals surface area contributed by atoms with Crippen LogP contribution >= 0.6 is 0 Å². The van der Waals surface area contributed by atoms with Gasteiger partial charge in [-0.3, -0.25) is 13.9 Å². The first-order valence-electron chi connectivity index (χ1n) is 10.6. The molecule has 0 unspecified atom stereocenters. The Balaban J connectivity index is 1.78. The molecule has 5 rings (SSSR count). The van der Waals surface area contributed by atoms with E-state index in [1.807, 2.05) is 73.9 Å². The molecule has 2 aromatic carbocycles. The molecule has 0 aliphatic rings. The smallest absolute Gasteiger partial charge is 0.303 e. The van der Waals surface area contributed by atoms with Crippen LogP contribution in [0, 0.1) is 13.8 Å². The number of rotatable bonds is 4. The van der Waals surface area contributed by atoms with E-state index in [1.165, 1.54) is 9.13 Å². The van der Waals surface area contributed by atoms with Crippen molar-refractivity contribution in [2.45, 2.75) is 33.9 Å². The molecule has 0 fully saturated rings. The minimum absolute atomic E-state index is 0.187. The van der Waals surface area contributed by atoms with E-state index in [-0.39, 0.29) is 12.1 Å². The molecule has 5 aromatic rings. The molecule has 0 atom stereocenters. The Bertz CT molecular complexity index is 1610. The second kappa shape index (κ2) is 7.33. The van der Waals surface area contributed by atoms with Gasteiger partial charge < -0.3 is 4.57 Å². The highest BCUT2D eigenvalue weighted by Gasteiger charge is 2.22. The highest BCUT2D eigenvalue weighted by Crippen LogP contribution is 2.20. The van der Waals surface area contributed by atoms with Crippen LogP contribution in [-0.2, 0) is 20.1 Å². The van der Waals surface area contributed by atoms with Gasteiger partial charge in [0.25, 0.3) is 5.56 Å². The van der Waals surface area contributed by atoms with E-state index < -0.39 is 5.69 Å². The first-order valence-corrected chi connectivity index (χ1v) is 10.6. The summed E-state index contributed by atoms with van der Waals surface area (Å²) < 4.78 is 6.29. The van der Waals surface area contributed by atoms with E-state index in [0.29, 0.717) is 23.7 Å². The number of hydrogen-bond donors (Lipinski definition) is 0. The largest absolute Gasteiger partial charge is 0.332 e. The minimum Gasteiger partial charge on any atom is -0.303 e. The summed E-state index contributed by atoms with van der Waals surface area (Å²) in [6, 6.07) is 15.9. The molecule has 0 aliphatic heterocycles.